The number of fused-ring (bicyclic) bond motifs is 1. The van der Waals surface area contributed by atoms with Gasteiger partial charge in [-0.25, -0.2) is 4.79 Å². The number of allylic oxidation sites excluding steroid dienone is 1. The van der Waals surface area contributed by atoms with Crippen LogP contribution in [0.3, 0.4) is 0 Å². The number of aliphatic hydroxyl groups is 1. The third-order valence-corrected chi connectivity index (χ3v) is 3.14. The molecular weight excluding hydrogens is 272 g/mol. The summed E-state index contributed by atoms with van der Waals surface area (Å²) in [7, 11) is 1.31. The van der Waals surface area contributed by atoms with Gasteiger partial charge in [0.15, 0.2) is 0 Å². The lowest BCUT2D eigenvalue weighted by atomic mass is 9.89. The molecule has 4 heteroatoms. The number of methoxy groups -OCH3 is 1. The Balaban J connectivity index is 2.59. The van der Waals surface area contributed by atoms with Crippen LogP contribution in [-0.4, -0.2) is 18.2 Å². The lowest BCUT2D eigenvalue weighted by Gasteiger charge is -2.18. The molecule has 0 spiro atoms. The number of rotatable bonds is 1. The largest absolute Gasteiger partial charge is 0.511 e. The van der Waals surface area contributed by atoms with Crippen LogP contribution >= 0.6 is 15.9 Å². The normalized spacial score (nSPS) is 14.6. The number of benzene rings is 1. The smallest absolute Gasteiger partial charge is 0.341 e. The molecule has 1 aromatic rings. The number of halogens is 1. The van der Waals surface area contributed by atoms with Crippen LogP contribution in [-0.2, 0) is 16.0 Å². The molecule has 0 fully saturated rings. The summed E-state index contributed by atoms with van der Waals surface area (Å²) in [6, 6.07) is 5.71. The van der Waals surface area contributed by atoms with Crippen molar-refractivity contribution < 1.29 is 14.6 Å². The maximum Gasteiger partial charge on any atom is 0.341 e. The molecule has 1 aliphatic rings. The van der Waals surface area contributed by atoms with E-state index in [9.17, 15) is 9.90 Å². The molecule has 0 amide bonds. The third-order valence-electron chi connectivity index (χ3n) is 2.65. The van der Waals surface area contributed by atoms with E-state index in [0.29, 0.717) is 6.42 Å². The van der Waals surface area contributed by atoms with Gasteiger partial charge in [0.2, 0.25) is 0 Å². The second kappa shape index (κ2) is 4.29. The summed E-state index contributed by atoms with van der Waals surface area (Å²) in [4.78, 5) is 11.6. The van der Waals surface area contributed by atoms with E-state index in [2.05, 4.69) is 20.7 Å². The molecule has 0 aliphatic heterocycles. The zero-order valence-electron chi connectivity index (χ0n) is 8.79. The van der Waals surface area contributed by atoms with Gasteiger partial charge in [-0.05, 0) is 29.7 Å². The topological polar surface area (TPSA) is 46.5 Å². The van der Waals surface area contributed by atoms with E-state index >= 15 is 0 Å². The Morgan fingerprint density at radius 1 is 1.44 bits per heavy atom. The van der Waals surface area contributed by atoms with E-state index in [0.717, 1.165) is 22.0 Å². The molecule has 0 atom stereocenters. The first-order valence-corrected chi connectivity index (χ1v) is 5.72. The Hall–Kier alpha value is -1.29. The molecule has 0 unspecified atom stereocenters. The second-order valence-corrected chi connectivity index (χ2v) is 4.53. The summed E-state index contributed by atoms with van der Waals surface area (Å²) >= 11 is 3.35. The van der Waals surface area contributed by atoms with E-state index in [4.69, 9.17) is 0 Å². The molecule has 0 aromatic heterocycles. The summed E-state index contributed by atoms with van der Waals surface area (Å²) in [5.74, 6) is -0.381. The van der Waals surface area contributed by atoms with Crippen molar-refractivity contribution in [2.45, 2.75) is 12.8 Å². The molecule has 0 radical (unpaired) electrons. The number of carbonyl (C=O) groups excluding carboxylic acids is 1. The predicted octanol–water partition coefficient (Wildman–Crippen LogP) is 2.84. The SMILES string of the molecule is COC(=O)C1=C(O)CCc2ccc(Br)cc21. The lowest BCUT2D eigenvalue weighted by Crippen LogP contribution is -2.13. The summed E-state index contributed by atoms with van der Waals surface area (Å²) in [5, 5.41) is 9.77. The summed E-state index contributed by atoms with van der Waals surface area (Å²) in [5.41, 5.74) is 2.09. The Bertz CT molecular complexity index is 477. The minimum absolute atomic E-state index is 0.109. The van der Waals surface area contributed by atoms with Crippen molar-refractivity contribution in [3.05, 3.63) is 39.6 Å². The maximum absolute atomic E-state index is 11.6. The first-order valence-electron chi connectivity index (χ1n) is 4.92. The average Bonchev–Trinajstić information content (AvgIpc) is 2.28. The average molecular weight is 283 g/mol. The fourth-order valence-corrected chi connectivity index (χ4v) is 2.22. The van der Waals surface area contributed by atoms with E-state index in [1.807, 2.05) is 18.2 Å². The molecule has 1 N–H and O–H groups in total. The number of aryl methyl sites for hydroxylation is 1. The van der Waals surface area contributed by atoms with Crippen molar-refractivity contribution >= 4 is 27.5 Å². The van der Waals surface area contributed by atoms with Gasteiger partial charge in [-0.15, -0.1) is 0 Å². The maximum atomic E-state index is 11.6. The van der Waals surface area contributed by atoms with Gasteiger partial charge < -0.3 is 9.84 Å². The molecule has 0 saturated heterocycles. The number of hydrogen-bond acceptors (Lipinski definition) is 3. The Morgan fingerprint density at radius 3 is 2.88 bits per heavy atom. The third kappa shape index (κ3) is 1.85. The molecule has 0 saturated carbocycles. The number of ether oxygens (including phenoxy) is 1. The molecule has 1 aromatic carbocycles. The van der Waals surface area contributed by atoms with Crippen molar-refractivity contribution in [1.82, 2.24) is 0 Å². The molecule has 0 heterocycles. The molecule has 0 bridgehead atoms. The van der Waals surface area contributed by atoms with Crippen LogP contribution in [0.25, 0.3) is 5.57 Å². The fourth-order valence-electron chi connectivity index (χ4n) is 1.86. The van der Waals surface area contributed by atoms with Gasteiger partial charge in [-0.1, -0.05) is 22.0 Å². The van der Waals surface area contributed by atoms with Crippen LogP contribution in [0.2, 0.25) is 0 Å². The van der Waals surface area contributed by atoms with Crippen molar-refractivity contribution in [3.8, 4) is 0 Å². The predicted molar refractivity (Wildman–Crippen MR) is 64.0 cm³/mol. The van der Waals surface area contributed by atoms with Crippen molar-refractivity contribution in [3.63, 3.8) is 0 Å². The van der Waals surface area contributed by atoms with E-state index in [1.54, 1.807) is 0 Å². The highest BCUT2D eigenvalue weighted by molar-refractivity contribution is 9.10. The van der Waals surface area contributed by atoms with Gasteiger partial charge in [0.25, 0.3) is 0 Å². The van der Waals surface area contributed by atoms with Crippen LogP contribution in [0, 0.1) is 0 Å². The van der Waals surface area contributed by atoms with Gasteiger partial charge in [0.05, 0.1) is 7.11 Å². The molecule has 16 heavy (non-hydrogen) atoms. The zero-order valence-corrected chi connectivity index (χ0v) is 10.4. The molecular formula is C12H11BrO3. The van der Waals surface area contributed by atoms with Gasteiger partial charge in [-0.2, -0.15) is 0 Å². The highest BCUT2D eigenvalue weighted by Crippen LogP contribution is 2.32. The molecule has 3 nitrogen and oxygen atoms in total. The highest BCUT2D eigenvalue weighted by Gasteiger charge is 2.24. The van der Waals surface area contributed by atoms with Gasteiger partial charge in [0, 0.05) is 10.9 Å². The van der Waals surface area contributed by atoms with Crippen LogP contribution in [0.5, 0.6) is 0 Å². The Morgan fingerprint density at radius 2 is 2.19 bits per heavy atom. The first-order chi connectivity index (χ1) is 7.63. The highest BCUT2D eigenvalue weighted by atomic mass is 79.9. The minimum Gasteiger partial charge on any atom is -0.511 e. The van der Waals surface area contributed by atoms with Crippen LogP contribution in [0.15, 0.2) is 28.4 Å². The van der Waals surface area contributed by atoms with Gasteiger partial charge in [-0.3, -0.25) is 0 Å². The quantitative estimate of drug-likeness (QED) is 0.806. The summed E-state index contributed by atoms with van der Waals surface area (Å²) in [6.07, 6.45) is 1.23. The fraction of sp³-hybridized carbons (Fsp3) is 0.250. The molecule has 2 rings (SSSR count). The van der Waals surface area contributed by atoms with Crippen molar-refractivity contribution in [1.29, 1.82) is 0 Å². The van der Waals surface area contributed by atoms with Crippen LogP contribution in [0.1, 0.15) is 17.5 Å². The van der Waals surface area contributed by atoms with Crippen molar-refractivity contribution in [2.75, 3.05) is 7.11 Å². The summed E-state index contributed by atoms with van der Waals surface area (Å²) in [6.45, 7) is 0. The Labute approximate surface area is 102 Å². The summed E-state index contributed by atoms with van der Waals surface area (Å²) < 4.78 is 5.56. The second-order valence-electron chi connectivity index (χ2n) is 3.61. The van der Waals surface area contributed by atoms with Gasteiger partial charge >= 0.3 is 5.97 Å². The van der Waals surface area contributed by atoms with E-state index in [1.165, 1.54) is 7.11 Å². The molecule has 1 aliphatic carbocycles. The first kappa shape index (κ1) is 11.2. The van der Waals surface area contributed by atoms with Gasteiger partial charge in [0.1, 0.15) is 11.3 Å². The number of carbonyl (C=O) groups is 1. The standard InChI is InChI=1S/C12H11BrO3/c1-16-12(15)11-9-6-8(13)4-2-7(9)3-5-10(11)14/h2,4,6,14H,3,5H2,1H3. The zero-order chi connectivity index (χ0) is 11.7. The number of aliphatic hydroxyl groups excluding tert-OH is 1. The molecule has 84 valence electrons. The monoisotopic (exact) mass is 282 g/mol. The van der Waals surface area contributed by atoms with E-state index < -0.39 is 5.97 Å². The van der Waals surface area contributed by atoms with Crippen LogP contribution in [0.4, 0.5) is 0 Å². The van der Waals surface area contributed by atoms with Crippen LogP contribution < -0.4 is 0 Å². The number of esters is 1. The van der Waals surface area contributed by atoms with Crippen molar-refractivity contribution in [2.24, 2.45) is 0 Å². The lowest BCUT2D eigenvalue weighted by molar-refractivity contribution is -0.133. The minimum atomic E-state index is -0.489. The van der Waals surface area contributed by atoms with E-state index in [-0.39, 0.29) is 11.3 Å². The Kier molecular flexibility index (Phi) is 3.01. The number of hydrogen-bond donors (Lipinski definition) is 1.